The van der Waals surface area contributed by atoms with Crippen molar-refractivity contribution in [2.45, 2.75) is 52.0 Å². The maximum Gasteiger partial charge on any atom is 0.270 e. The number of anilines is 1. The molecule has 19 heavy (non-hydrogen) atoms. The number of rotatable bonds is 8. The van der Waals surface area contributed by atoms with Crippen molar-refractivity contribution in [1.29, 1.82) is 0 Å². The van der Waals surface area contributed by atoms with Crippen LogP contribution < -0.4 is 5.32 Å². The first-order chi connectivity index (χ1) is 9.04. The van der Waals surface area contributed by atoms with Crippen LogP contribution in [0.4, 0.5) is 11.4 Å². The molecule has 0 spiro atoms. The summed E-state index contributed by atoms with van der Waals surface area (Å²) in [6, 6.07) is 5.18. The fourth-order valence-corrected chi connectivity index (χ4v) is 2.43. The zero-order valence-electron chi connectivity index (χ0n) is 11.5. The normalized spacial score (nSPS) is 12.2. The number of nitro groups is 1. The van der Waals surface area contributed by atoms with Gasteiger partial charge in [0.05, 0.1) is 4.92 Å². The summed E-state index contributed by atoms with van der Waals surface area (Å²) in [5, 5.41) is 14.0. The largest absolute Gasteiger partial charge is 0.382 e. The van der Waals surface area contributed by atoms with E-state index in [0.717, 1.165) is 16.6 Å². The zero-order chi connectivity index (χ0) is 14.3. The van der Waals surface area contributed by atoms with Crippen LogP contribution in [0, 0.1) is 10.1 Å². The summed E-state index contributed by atoms with van der Waals surface area (Å²) >= 11 is 3.37. The summed E-state index contributed by atoms with van der Waals surface area (Å²) in [7, 11) is 0. The van der Waals surface area contributed by atoms with Gasteiger partial charge in [-0.1, -0.05) is 32.6 Å². The standard InChI is InChI=1S/C14H21BrN2O2/c1-3-4-5-6-7-11(2)16-14-9-8-12(17(18)19)10-13(14)15/h8-11,16H,3-7H2,1-2H3. The maximum absolute atomic E-state index is 10.7. The second-order valence-corrected chi connectivity index (χ2v) is 5.67. The van der Waals surface area contributed by atoms with Gasteiger partial charge in [0.15, 0.2) is 0 Å². The molecule has 5 heteroatoms. The molecular formula is C14H21BrN2O2. The highest BCUT2D eigenvalue weighted by molar-refractivity contribution is 9.10. The van der Waals surface area contributed by atoms with Crippen LogP contribution in [-0.2, 0) is 0 Å². The van der Waals surface area contributed by atoms with Gasteiger partial charge in [0, 0.05) is 28.3 Å². The van der Waals surface area contributed by atoms with Gasteiger partial charge in [0.25, 0.3) is 5.69 Å². The number of unbranched alkanes of at least 4 members (excludes halogenated alkanes) is 3. The fraction of sp³-hybridized carbons (Fsp3) is 0.571. The van der Waals surface area contributed by atoms with Gasteiger partial charge in [-0.3, -0.25) is 10.1 Å². The molecule has 0 aromatic heterocycles. The van der Waals surface area contributed by atoms with Crippen LogP contribution in [0.2, 0.25) is 0 Å². The van der Waals surface area contributed by atoms with E-state index in [2.05, 4.69) is 35.1 Å². The van der Waals surface area contributed by atoms with Crippen molar-refractivity contribution in [3.63, 3.8) is 0 Å². The molecule has 1 N–H and O–H groups in total. The molecule has 106 valence electrons. The zero-order valence-corrected chi connectivity index (χ0v) is 13.1. The Morgan fingerprint density at radius 2 is 2.11 bits per heavy atom. The topological polar surface area (TPSA) is 55.2 Å². The highest BCUT2D eigenvalue weighted by atomic mass is 79.9. The van der Waals surface area contributed by atoms with Crippen molar-refractivity contribution in [2.24, 2.45) is 0 Å². The van der Waals surface area contributed by atoms with E-state index in [1.807, 2.05) is 0 Å². The predicted octanol–water partition coefficient (Wildman–Crippen LogP) is 5.13. The molecule has 0 bridgehead atoms. The van der Waals surface area contributed by atoms with Gasteiger partial charge in [-0.05, 0) is 35.3 Å². The molecule has 0 aliphatic carbocycles. The van der Waals surface area contributed by atoms with Crippen LogP contribution in [0.15, 0.2) is 22.7 Å². The smallest absolute Gasteiger partial charge is 0.270 e. The van der Waals surface area contributed by atoms with Crippen LogP contribution >= 0.6 is 15.9 Å². The molecule has 1 atom stereocenters. The molecule has 0 saturated heterocycles. The Bertz CT molecular complexity index is 424. The van der Waals surface area contributed by atoms with Crippen LogP contribution in [-0.4, -0.2) is 11.0 Å². The van der Waals surface area contributed by atoms with Crippen molar-refractivity contribution < 1.29 is 4.92 Å². The lowest BCUT2D eigenvalue weighted by Crippen LogP contribution is -2.15. The lowest BCUT2D eigenvalue weighted by Gasteiger charge is -2.16. The number of hydrogen-bond acceptors (Lipinski definition) is 3. The van der Waals surface area contributed by atoms with Crippen LogP contribution in [0.25, 0.3) is 0 Å². The van der Waals surface area contributed by atoms with E-state index in [-0.39, 0.29) is 10.6 Å². The first kappa shape index (κ1) is 16.0. The Labute approximate surface area is 122 Å². The van der Waals surface area contributed by atoms with Crippen molar-refractivity contribution in [2.75, 3.05) is 5.32 Å². The Hall–Kier alpha value is -1.10. The molecule has 1 aromatic carbocycles. The summed E-state index contributed by atoms with van der Waals surface area (Å²) in [6.07, 6.45) is 6.13. The second-order valence-electron chi connectivity index (χ2n) is 4.82. The van der Waals surface area contributed by atoms with E-state index in [4.69, 9.17) is 0 Å². The minimum absolute atomic E-state index is 0.105. The number of nitrogens with zero attached hydrogens (tertiary/aromatic N) is 1. The summed E-state index contributed by atoms with van der Waals surface area (Å²) in [6.45, 7) is 4.34. The van der Waals surface area contributed by atoms with Gasteiger partial charge in [-0.2, -0.15) is 0 Å². The van der Waals surface area contributed by atoms with Gasteiger partial charge in [-0.15, -0.1) is 0 Å². The molecule has 1 unspecified atom stereocenters. The molecular weight excluding hydrogens is 308 g/mol. The molecule has 1 rings (SSSR count). The number of nitrogens with one attached hydrogen (secondary N) is 1. The first-order valence-corrected chi connectivity index (χ1v) is 7.54. The third kappa shape index (κ3) is 5.59. The summed E-state index contributed by atoms with van der Waals surface area (Å²) in [4.78, 5) is 10.3. The van der Waals surface area contributed by atoms with Crippen molar-refractivity contribution in [1.82, 2.24) is 0 Å². The molecule has 4 nitrogen and oxygen atoms in total. The number of non-ortho nitro benzene ring substituents is 1. The van der Waals surface area contributed by atoms with Crippen LogP contribution in [0.1, 0.15) is 46.0 Å². The van der Waals surface area contributed by atoms with Gasteiger partial charge >= 0.3 is 0 Å². The number of halogens is 1. The fourth-order valence-electron chi connectivity index (χ4n) is 1.95. The lowest BCUT2D eigenvalue weighted by molar-refractivity contribution is -0.384. The molecule has 0 aliphatic rings. The van der Waals surface area contributed by atoms with Gasteiger partial charge in [0.1, 0.15) is 0 Å². The second kappa shape index (κ2) is 8.15. The Morgan fingerprint density at radius 3 is 2.68 bits per heavy atom. The number of benzene rings is 1. The monoisotopic (exact) mass is 328 g/mol. The molecule has 0 saturated carbocycles. The highest BCUT2D eigenvalue weighted by Crippen LogP contribution is 2.28. The first-order valence-electron chi connectivity index (χ1n) is 6.75. The maximum atomic E-state index is 10.7. The highest BCUT2D eigenvalue weighted by Gasteiger charge is 2.10. The van der Waals surface area contributed by atoms with E-state index < -0.39 is 0 Å². The molecule has 0 aliphatic heterocycles. The summed E-state index contributed by atoms with van der Waals surface area (Å²) in [5.41, 5.74) is 1.02. The van der Waals surface area contributed by atoms with Gasteiger partial charge < -0.3 is 5.32 Å². The molecule has 0 amide bonds. The van der Waals surface area contributed by atoms with Crippen molar-refractivity contribution in [3.05, 3.63) is 32.8 Å². The van der Waals surface area contributed by atoms with Crippen LogP contribution in [0.3, 0.4) is 0 Å². The summed E-state index contributed by atoms with van der Waals surface area (Å²) in [5.74, 6) is 0. The van der Waals surface area contributed by atoms with E-state index >= 15 is 0 Å². The number of hydrogen-bond donors (Lipinski definition) is 1. The minimum atomic E-state index is -0.386. The third-order valence-corrected chi connectivity index (χ3v) is 3.71. The number of nitro benzene ring substituents is 1. The quantitative estimate of drug-likeness (QED) is 0.409. The van der Waals surface area contributed by atoms with Crippen LogP contribution in [0.5, 0.6) is 0 Å². The molecule has 0 radical (unpaired) electrons. The predicted molar refractivity (Wildman–Crippen MR) is 82.6 cm³/mol. The average Bonchev–Trinajstić information content (AvgIpc) is 2.37. The van der Waals surface area contributed by atoms with E-state index in [9.17, 15) is 10.1 Å². The average molecular weight is 329 g/mol. The van der Waals surface area contributed by atoms with E-state index in [1.54, 1.807) is 6.07 Å². The Kier molecular flexibility index (Phi) is 6.84. The molecule has 0 heterocycles. The Balaban J connectivity index is 2.50. The van der Waals surface area contributed by atoms with Gasteiger partial charge in [0.2, 0.25) is 0 Å². The SMILES string of the molecule is CCCCCCC(C)Nc1ccc([N+](=O)[O-])cc1Br. The van der Waals surface area contributed by atoms with Crippen molar-refractivity contribution in [3.8, 4) is 0 Å². The lowest BCUT2D eigenvalue weighted by atomic mass is 10.1. The van der Waals surface area contributed by atoms with E-state index in [0.29, 0.717) is 6.04 Å². The summed E-state index contributed by atoms with van der Waals surface area (Å²) < 4.78 is 0.738. The third-order valence-electron chi connectivity index (χ3n) is 3.06. The minimum Gasteiger partial charge on any atom is -0.382 e. The molecule has 1 aromatic rings. The Morgan fingerprint density at radius 1 is 1.37 bits per heavy atom. The van der Waals surface area contributed by atoms with Gasteiger partial charge in [-0.25, -0.2) is 0 Å². The van der Waals surface area contributed by atoms with Crippen molar-refractivity contribution >= 4 is 27.3 Å². The molecule has 0 fully saturated rings. The van der Waals surface area contributed by atoms with E-state index in [1.165, 1.54) is 37.8 Å².